The molecule has 5 nitrogen and oxygen atoms in total. The molecule has 0 fully saturated rings. The average Bonchev–Trinajstić information content (AvgIpc) is 2.83. The smallest absolute Gasteiger partial charge is 0.261 e. The molecule has 0 saturated heterocycles. The largest absolute Gasteiger partial charge is 0.454 e. The molecule has 0 bridgehead atoms. The highest BCUT2D eigenvalue weighted by atomic mass is 16.5. The van der Waals surface area contributed by atoms with E-state index in [2.05, 4.69) is 12.2 Å². The fourth-order valence-corrected chi connectivity index (χ4v) is 3.17. The van der Waals surface area contributed by atoms with Gasteiger partial charge in [-0.3, -0.25) is 9.59 Å². The Kier molecular flexibility index (Phi) is 4.57. The second kappa shape index (κ2) is 7.19. The SMILES string of the molecule is CCc1ccc(NC(=O)c2ccc3c(c2)N(C)C(=O)c2ccccc2O3)cc1. The number of ether oxygens (including phenoxy) is 1. The molecule has 3 aromatic rings. The lowest BCUT2D eigenvalue weighted by molar-refractivity contribution is 0.0990. The summed E-state index contributed by atoms with van der Waals surface area (Å²) in [5.74, 6) is 0.618. The van der Waals surface area contributed by atoms with Crippen LogP contribution >= 0.6 is 0 Å². The van der Waals surface area contributed by atoms with Gasteiger partial charge in [0, 0.05) is 18.3 Å². The normalized spacial score (nSPS) is 12.5. The Balaban J connectivity index is 1.63. The summed E-state index contributed by atoms with van der Waals surface area (Å²) >= 11 is 0. The Morgan fingerprint density at radius 2 is 1.75 bits per heavy atom. The minimum absolute atomic E-state index is 0.179. The van der Waals surface area contributed by atoms with Gasteiger partial charge in [0.05, 0.1) is 11.3 Å². The van der Waals surface area contributed by atoms with E-state index in [4.69, 9.17) is 4.74 Å². The van der Waals surface area contributed by atoms with E-state index in [-0.39, 0.29) is 11.8 Å². The maximum Gasteiger partial charge on any atom is 0.261 e. The number of carbonyl (C=O) groups is 2. The summed E-state index contributed by atoms with van der Waals surface area (Å²) in [7, 11) is 1.68. The van der Waals surface area contributed by atoms with Gasteiger partial charge in [0.15, 0.2) is 5.75 Å². The van der Waals surface area contributed by atoms with E-state index in [0.29, 0.717) is 28.3 Å². The zero-order valence-electron chi connectivity index (χ0n) is 15.7. The lowest BCUT2D eigenvalue weighted by Gasteiger charge is -2.17. The number of carbonyl (C=O) groups excluding carboxylic acids is 2. The van der Waals surface area contributed by atoms with Crippen LogP contribution in [0, 0.1) is 0 Å². The molecule has 140 valence electrons. The number of amides is 2. The molecule has 1 aliphatic heterocycles. The van der Waals surface area contributed by atoms with Crippen LogP contribution < -0.4 is 15.0 Å². The fraction of sp³-hybridized carbons (Fsp3) is 0.130. The third-order valence-electron chi connectivity index (χ3n) is 4.84. The molecule has 1 heterocycles. The highest BCUT2D eigenvalue weighted by Gasteiger charge is 2.26. The van der Waals surface area contributed by atoms with Crippen molar-refractivity contribution < 1.29 is 14.3 Å². The zero-order valence-corrected chi connectivity index (χ0v) is 15.7. The second-order valence-electron chi connectivity index (χ2n) is 6.65. The lowest BCUT2D eigenvalue weighted by atomic mass is 10.1. The highest BCUT2D eigenvalue weighted by molar-refractivity contribution is 6.11. The van der Waals surface area contributed by atoms with E-state index in [1.54, 1.807) is 43.4 Å². The summed E-state index contributed by atoms with van der Waals surface area (Å²) in [5.41, 5.74) is 3.43. The van der Waals surface area contributed by atoms with Crippen molar-refractivity contribution in [2.75, 3.05) is 17.3 Å². The molecule has 0 radical (unpaired) electrons. The topological polar surface area (TPSA) is 58.6 Å². The molecule has 4 rings (SSSR count). The lowest BCUT2D eigenvalue weighted by Crippen LogP contribution is -2.25. The third kappa shape index (κ3) is 3.22. The molecular weight excluding hydrogens is 352 g/mol. The molecule has 0 saturated carbocycles. The van der Waals surface area contributed by atoms with Crippen LogP contribution in [0.15, 0.2) is 66.7 Å². The van der Waals surface area contributed by atoms with E-state index in [0.717, 1.165) is 12.1 Å². The Labute approximate surface area is 163 Å². The number of nitrogens with one attached hydrogen (secondary N) is 1. The average molecular weight is 372 g/mol. The fourth-order valence-electron chi connectivity index (χ4n) is 3.17. The summed E-state index contributed by atoms with van der Waals surface area (Å²) in [6, 6.07) is 19.9. The number of anilines is 2. The number of hydrogen-bond acceptors (Lipinski definition) is 3. The van der Waals surface area contributed by atoms with Gasteiger partial charge in [-0.15, -0.1) is 0 Å². The number of aryl methyl sites for hydroxylation is 1. The first-order valence-corrected chi connectivity index (χ1v) is 9.16. The first-order chi connectivity index (χ1) is 13.6. The molecule has 1 aliphatic rings. The van der Waals surface area contributed by atoms with Gasteiger partial charge in [-0.1, -0.05) is 31.2 Å². The molecule has 0 spiro atoms. The summed E-state index contributed by atoms with van der Waals surface area (Å²) < 4.78 is 5.93. The maximum absolute atomic E-state index is 12.8. The number of fused-ring (bicyclic) bond motifs is 2. The Bertz CT molecular complexity index is 1060. The van der Waals surface area contributed by atoms with E-state index in [1.165, 1.54) is 10.5 Å². The Morgan fingerprint density at radius 3 is 2.50 bits per heavy atom. The van der Waals surface area contributed by atoms with Crippen molar-refractivity contribution in [2.24, 2.45) is 0 Å². The van der Waals surface area contributed by atoms with Gasteiger partial charge in [0.25, 0.3) is 11.8 Å². The molecule has 0 atom stereocenters. The number of benzene rings is 3. The van der Waals surface area contributed by atoms with Gasteiger partial charge in [-0.05, 0) is 54.4 Å². The number of hydrogen-bond donors (Lipinski definition) is 1. The first-order valence-electron chi connectivity index (χ1n) is 9.16. The highest BCUT2D eigenvalue weighted by Crippen LogP contribution is 2.38. The monoisotopic (exact) mass is 372 g/mol. The minimum atomic E-state index is -0.241. The summed E-state index contributed by atoms with van der Waals surface area (Å²) in [6.07, 6.45) is 0.946. The van der Waals surface area contributed by atoms with Crippen LogP contribution in [0.2, 0.25) is 0 Å². The minimum Gasteiger partial charge on any atom is -0.454 e. The number of nitrogens with zero attached hydrogens (tertiary/aromatic N) is 1. The number of para-hydroxylation sites is 1. The van der Waals surface area contributed by atoms with Crippen molar-refractivity contribution in [1.82, 2.24) is 0 Å². The predicted octanol–water partition coefficient (Wildman–Crippen LogP) is 4.88. The van der Waals surface area contributed by atoms with Crippen LogP contribution in [0.3, 0.4) is 0 Å². The molecule has 5 heteroatoms. The van der Waals surface area contributed by atoms with E-state index in [9.17, 15) is 9.59 Å². The van der Waals surface area contributed by atoms with Crippen LogP contribution in [0.4, 0.5) is 11.4 Å². The maximum atomic E-state index is 12.8. The van der Waals surface area contributed by atoms with E-state index in [1.807, 2.05) is 30.3 Å². The van der Waals surface area contributed by atoms with Gasteiger partial charge in [0.1, 0.15) is 5.75 Å². The van der Waals surface area contributed by atoms with Crippen LogP contribution in [0.1, 0.15) is 33.2 Å². The summed E-state index contributed by atoms with van der Waals surface area (Å²) in [5, 5.41) is 2.89. The summed E-state index contributed by atoms with van der Waals surface area (Å²) in [6.45, 7) is 2.08. The first kappa shape index (κ1) is 17.8. The van der Waals surface area contributed by atoms with Crippen molar-refractivity contribution in [3.05, 3.63) is 83.4 Å². The van der Waals surface area contributed by atoms with Crippen molar-refractivity contribution in [2.45, 2.75) is 13.3 Å². The molecule has 2 amide bonds. The van der Waals surface area contributed by atoms with Gasteiger partial charge in [0.2, 0.25) is 0 Å². The van der Waals surface area contributed by atoms with Crippen molar-refractivity contribution in [1.29, 1.82) is 0 Å². The van der Waals surface area contributed by atoms with Crippen molar-refractivity contribution >= 4 is 23.2 Å². The molecule has 0 aromatic heterocycles. The third-order valence-corrected chi connectivity index (χ3v) is 4.84. The molecule has 28 heavy (non-hydrogen) atoms. The van der Waals surface area contributed by atoms with Crippen LogP contribution in [-0.2, 0) is 6.42 Å². The second-order valence-corrected chi connectivity index (χ2v) is 6.65. The van der Waals surface area contributed by atoms with Gasteiger partial charge < -0.3 is 15.0 Å². The van der Waals surface area contributed by atoms with Gasteiger partial charge in [-0.25, -0.2) is 0 Å². The van der Waals surface area contributed by atoms with E-state index >= 15 is 0 Å². The Morgan fingerprint density at radius 1 is 1.00 bits per heavy atom. The Hall–Kier alpha value is -3.60. The van der Waals surface area contributed by atoms with Crippen molar-refractivity contribution in [3.63, 3.8) is 0 Å². The molecule has 3 aromatic carbocycles. The van der Waals surface area contributed by atoms with Crippen LogP contribution in [0.5, 0.6) is 11.5 Å². The molecule has 0 unspecified atom stereocenters. The zero-order chi connectivity index (χ0) is 19.7. The van der Waals surface area contributed by atoms with Crippen LogP contribution in [0.25, 0.3) is 0 Å². The standard InChI is InChI=1S/C23H20N2O3/c1-3-15-8-11-17(12-9-15)24-22(26)16-10-13-21-19(14-16)25(2)23(27)18-6-4-5-7-20(18)28-21/h4-14H,3H2,1-2H3,(H,24,26). The molecule has 1 N–H and O–H groups in total. The van der Waals surface area contributed by atoms with Crippen LogP contribution in [-0.4, -0.2) is 18.9 Å². The molecule has 0 aliphatic carbocycles. The van der Waals surface area contributed by atoms with Gasteiger partial charge in [-0.2, -0.15) is 0 Å². The quantitative estimate of drug-likeness (QED) is 0.713. The summed E-state index contributed by atoms with van der Waals surface area (Å²) in [4.78, 5) is 27.0. The predicted molar refractivity (Wildman–Crippen MR) is 109 cm³/mol. The molecular formula is C23H20N2O3. The van der Waals surface area contributed by atoms with Gasteiger partial charge >= 0.3 is 0 Å². The van der Waals surface area contributed by atoms with E-state index < -0.39 is 0 Å². The number of rotatable bonds is 3. The van der Waals surface area contributed by atoms with Crippen molar-refractivity contribution in [3.8, 4) is 11.5 Å².